The molecule has 0 aromatic carbocycles. The van der Waals surface area contributed by atoms with Crippen molar-refractivity contribution in [3.8, 4) is 6.07 Å². The van der Waals surface area contributed by atoms with Gasteiger partial charge in [-0.05, 0) is 40.1 Å². The second-order valence-electron chi connectivity index (χ2n) is 6.32. The van der Waals surface area contributed by atoms with Crippen LogP contribution in [0.3, 0.4) is 0 Å². The number of ether oxygens (including phenoxy) is 1. The zero-order valence-corrected chi connectivity index (χ0v) is 14.4. The number of ketones is 1. The second-order valence-corrected chi connectivity index (χ2v) is 7.38. The van der Waals surface area contributed by atoms with Gasteiger partial charge in [0.2, 0.25) is 0 Å². The molecule has 0 bridgehead atoms. The molecule has 0 fully saturated rings. The number of nitrogens with zero attached hydrogens (tertiary/aromatic N) is 1. The highest BCUT2D eigenvalue weighted by Crippen LogP contribution is 2.46. The highest BCUT2D eigenvalue weighted by molar-refractivity contribution is 14.1. The molecule has 0 radical (unpaired) electrons. The fourth-order valence-electron chi connectivity index (χ4n) is 2.93. The summed E-state index contributed by atoms with van der Waals surface area (Å²) in [7, 11) is 0. The number of Topliss-reactive ketones (excluding diaryl/α,β-unsaturated/α-hetero) is 1. The number of hydrogen-bond donors (Lipinski definition) is 1. The van der Waals surface area contributed by atoms with Gasteiger partial charge in [-0.2, -0.15) is 5.26 Å². The minimum Gasteiger partial charge on any atom is -0.480 e. The lowest BCUT2D eigenvalue weighted by molar-refractivity contribution is -0.118. The Morgan fingerprint density at radius 2 is 2.14 bits per heavy atom. The topological polar surface area (TPSA) is 89.2 Å². The molecular weight excluding hydrogens is 395 g/mol. The summed E-state index contributed by atoms with van der Waals surface area (Å²) in [6.45, 7) is 4.03. The lowest BCUT2D eigenvalue weighted by Gasteiger charge is -2.36. The SMILES string of the molecule is CC1(C)CC(=O)C2=C(C1)OC(c1ccc(I)o1)C(C#N)=C2N. The molecule has 5 nitrogen and oxygen atoms in total. The van der Waals surface area contributed by atoms with E-state index in [-0.39, 0.29) is 22.5 Å². The van der Waals surface area contributed by atoms with Crippen molar-refractivity contribution in [1.82, 2.24) is 0 Å². The Kier molecular flexibility index (Phi) is 3.56. The molecule has 0 saturated carbocycles. The second kappa shape index (κ2) is 5.16. The van der Waals surface area contributed by atoms with Gasteiger partial charge in [0, 0.05) is 12.8 Å². The highest BCUT2D eigenvalue weighted by atomic mass is 127. The van der Waals surface area contributed by atoms with Crippen LogP contribution in [-0.2, 0) is 9.53 Å². The summed E-state index contributed by atoms with van der Waals surface area (Å²) in [5.74, 6) is 1.02. The number of hydrogen-bond acceptors (Lipinski definition) is 5. The van der Waals surface area contributed by atoms with Crippen molar-refractivity contribution in [2.24, 2.45) is 11.1 Å². The lowest BCUT2D eigenvalue weighted by atomic mass is 9.74. The maximum absolute atomic E-state index is 12.4. The predicted octanol–water partition coefficient (Wildman–Crippen LogP) is 3.34. The van der Waals surface area contributed by atoms with E-state index < -0.39 is 6.10 Å². The van der Waals surface area contributed by atoms with Crippen LogP contribution in [0.15, 0.2) is 39.2 Å². The first-order valence-corrected chi connectivity index (χ1v) is 7.98. The number of carbonyl (C=O) groups excluding carboxylic acids is 1. The van der Waals surface area contributed by atoms with Gasteiger partial charge in [0.1, 0.15) is 17.4 Å². The molecule has 0 saturated heterocycles. The van der Waals surface area contributed by atoms with Crippen LogP contribution in [0.25, 0.3) is 0 Å². The van der Waals surface area contributed by atoms with Crippen LogP contribution in [0.2, 0.25) is 0 Å². The molecule has 2 heterocycles. The van der Waals surface area contributed by atoms with E-state index in [9.17, 15) is 10.1 Å². The summed E-state index contributed by atoms with van der Waals surface area (Å²) < 4.78 is 12.2. The maximum Gasteiger partial charge on any atom is 0.192 e. The van der Waals surface area contributed by atoms with Gasteiger partial charge in [-0.15, -0.1) is 0 Å². The molecule has 1 aliphatic heterocycles. The van der Waals surface area contributed by atoms with Crippen LogP contribution in [0, 0.1) is 20.5 Å². The van der Waals surface area contributed by atoms with Crippen LogP contribution in [-0.4, -0.2) is 5.78 Å². The van der Waals surface area contributed by atoms with Gasteiger partial charge < -0.3 is 14.9 Å². The van der Waals surface area contributed by atoms with E-state index in [4.69, 9.17) is 14.9 Å². The summed E-state index contributed by atoms with van der Waals surface area (Å²) in [4.78, 5) is 12.4. The normalized spacial score (nSPS) is 23.9. The monoisotopic (exact) mass is 410 g/mol. The molecule has 2 N–H and O–H groups in total. The summed E-state index contributed by atoms with van der Waals surface area (Å²) in [5.41, 5.74) is 6.76. The molecule has 0 amide bonds. The van der Waals surface area contributed by atoms with Crippen molar-refractivity contribution < 1.29 is 13.9 Å². The van der Waals surface area contributed by atoms with Gasteiger partial charge >= 0.3 is 0 Å². The van der Waals surface area contributed by atoms with Crippen LogP contribution < -0.4 is 5.73 Å². The number of nitrogens with two attached hydrogens (primary N) is 1. The number of halogens is 1. The van der Waals surface area contributed by atoms with Crippen LogP contribution in [0.1, 0.15) is 38.6 Å². The molecule has 1 aliphatic carbocycles. The number of allylic oxidation sites excluding steroid dienone is 2. The van der Waals surface area contributed by atoms with E-state index >= 15 is 0 Å². The quantitative estimate of drug-likeness (QED) is 0.718. The molecule has 22 heavy (non-hydrogen) atoms. The zero-order chi connectivity index (χ0) is 16.1. The van der Waals surface area contributed by atoms with Gasteiger partial charge in [0.05, 0.1) is 11.3 Å². The first kappa shape index (κ1) is 15.2. The third kappa shape index (κ3) is 2.43. The summed E-state index contributed by atoms with van der Waals surface area (Å²) in [5, 5.41) is 9.43. The largest absolute Gasteiger partial charge is 0.480 e. The third-order valence-corrected chi connectivity index (χ3v) is 4.47. The Morgan fingerprint density at radius 1 is 1.41 bits per heavy atom. The Labute approximate surface area is 141 Å². The number of carbonyl (C=O) groups is 1. The van der Waals surface area contributed by atoms with Crippen molar-refractivity contribution in [3.63, 3.8) is 0 Å². The molecule has 1 atom stereocenters. The van der Waals surface area contributed by atoms with E-state index in [0.717, 1.165) is 0 Å². The Morgan fingerprint density at radius 3 is 2.73 bits per heavy atom. The van der Waals surface area contributed by atoms with Gasteiger partial charge in [0.25, 0.3) is 0 Å². The molecule has 1 unspecified atom stereocenters. The summed E-state index contributed by atoms with van der Waals surface area (Å²) in [6.07, 6.45) is 0.327. The Hall–Kier alpha value is -1.75. The van der Waals surface area contributed by atoms with E-state index in [1.165, 1.54) is 0 Å². The van der Waals surface area contributed by atoms with E-state index in [0.29, 0.717) is 33.7 Å². The van der Waals surface area contributed by atoms with Crippen LogP contribution in [0.4, 0.5) is 0 Å². The van der Waals surface area contributed by atoms with Crippen molar-refractivity contribution in [2.45, 2.75) is 32.8 Å². The van der Waals surface area contributed by atoms with E-state index in [2.05, 4.69) is 6.07 Å². The standard InChI is InChI=1S/C16H15IN2O3/c1-16(2)5-9(20)13-11(6-16)22-15(8(7-18)14(13)19)10-3-4-12(17)21-10/h3-4,15H,5-6,19H2,1-2H3. The minimum absolute atomic E-state index is 0.0658. The van der Waals surface area contributed by atoms with Crippen LogP contribution >= 0.6 is 22.6 Å². The first-order valence-electron chi connectivity index (χ1n) is 6.91. The highest BCUT2D eigenvalue weighted by Gasteiger charge is 2.41. The average molecular weight is 410 g/mol. The van der Waals surface area contributed by atoms with Gasteiger partial charge in [0.15, 0.2) is 21.4 Å². The van der Waals surface area contributed by atoms with Crippen LogP contribution in [0.5, 0.6) is 0 Å². The molecular formula is C16H15IN2O3. The Balaban J connectivity index is 2.10. The summed E-state index contributed by atoms with van der Waals surface area (Å²) >= 11 is 2.05. The average Bonchev–Trinajstić information content (AvgIpc) is 2.82. The molecule has 6 heteroatoms. The predicted molar refractivity (Wildman–Crippen MR) is 87.1 cm³/mol. The van der Waals surface area contributed by atoms with E-state index in [1.807, 2.05) is 36.4 Å². The molecule has 2 aliphatic rings. The maximum atomic E-state index is 12.4. The molecule has 3 rings (SSSR count). The first-order chi connectivity index (χ1) is 10.3. The van der Waals surface area contributed by atoms with Gasteiger partial charge in [-0.1, -0.05) is 13.8 Å². The Bertz CT molecular complexity index is 765. The van der Waals surface area contributed by atoms with Crippen molar-refractivity contribution in [2.75, 3.05) is 0 Å². The number of furan rings is 1. The minimum atomic E-state index is -0.686. The van der Waals surface area contributed by atoms with E-state index in [1.54, 1.807) is 12.1 Å². The zero-order valence-electron chi connectivity index (χ0n) is 12.3. The van der Waals surface area contributed by atoms with Gasteiger partial charge in [-0.3, -0.25) is 4.79 Å². The van der Waals surface area contributed by atoms with Crippen molar-refractivity contribution in [3.05, 3.63) is 44.3 Å². The molecule has 114 valence electrons. The lowest BCUT2D eigenvalue weighted by Crippen LogP contribution is -2.33. The van der Waals surface area contributed by atoms with Gasteiger partial charge in [-0.25, -0.2) is 0 Å². The fourth-order valence-corrected chi connectivity index (χ4v) is 3.36. The number of rotatable bonds is 1. The molecule has 1 aromatic heterocycles. The molecule has 0 spiro atoms. The van der Waals surface area contributed by atoms with Crippen molar-refractivity contribution in [1.29, 1.82) is 5.26 Å². The summed E-state index contributed by atoms with van der Waals surface area (Å²) in [6, 6.07) is 5.62. The fraction of sp³-hybridized carbons (Fsp3) is 0.375. The van der Waals surface area contributed by atoms with Crippen molar-refractivity contribution >= 4 is 28.4 Å². The number of nitriles is 1. The smallest absolute Gasteiger partial charge is 0.192 e. The third-order valence-electron chi connectivity index (χ3n) is 3.89. The molecule has 1 aromatic rings.